The standard InChI is InChI=1S/C27H27F5N4O2/c1-35-22-19(26(25(35)38)6-8-27(31,32)9-7-26)13-17(14-20(22)28)34-24(37)18-3-2-16(33)12-21(18)36-10-4-15(5-11-36)23(29)30/h2-3,12-14H,4-11,33H2,1H3,(H,34,37). The fourth-order valence-electron chi connectivity index (χ4n) is 5.85. The second-order valence-corrected chi connectivity index (χ2v) is 10.2. The van der Waals surface area contributed by atoms with Crippen molar-refractivity contribution in [1.29, 1.82) is 0 Å². The molecule has 1 spiro atoms. The summed E-state index contributed by atoms with van der Waals surface area (Å²) in [5.74, 6) is -4.65. The summed E-state index contributed by atoms with van der Waals surface area (Å²) in [6.07, 6.45) is -2.61. The molecule has 2 heterocycles. The molecule has 1 saturated heterocycles. The Labute approximate surface area is 216 Å². The number of nitrogens with zero attached hydrogens (tertiary/aromatic N) is 2. The Morgan fingerprint density at radius 2 is 1.68 bits per heavy atom. The third-order valence-corrected chi connectivity index (χ3v) is 7.96. The van der Waals surface area contributed by atoms with Crippen LogP contribution in [0.25, 0.3) is 0 Å². The fraction of sp³-hybridized carbons (Fsp3) is 0.407. The number of nitrogens with one attached hydrogen (secondary N) is 1. The van der Waals surface area contributed by atoms with Crippen LogP contribution in [0.1, 0.15) is 54.4 Å². The van der Waals surface area contributed by atoms with Gasteiger partial charge in [0.05, 0.1) is 22.4 Å². The Morgan fingerprint density at radius 3 is 2.32 bits per heavy atom. The molecule has 1 saturated carbocycles. The van der Waals surface area contributed by atoms with E-state index in [0.29, 0.717) is 11.4 Å². The van der Waals surface area contributed by atoms with Gasteiger partial charge in [0.15, 0.2) is 0 Å². The molecule has 2 fully saturated rings. The van der Waals surface area contributed by atoms with Crippen LogP contribution in [0.15, 0.2) is 42.0 Å². The minimum atomic E-state index is -2.89. The van der Waals surface area contributed by atoms with E-state index in [4.69, 9.17) is 5.73 Å². The molecule has 2 amide bonds. The van der Waals surface area contributed by atoms with Crippen molar-refractivity contribution in [1.82, 2.24) is 0 Å². The Kier molecular flexibility index (Phi) is 6.35. The number of hydrogen-bond donors (Lipinski definition) is 2. The molecule has 2 aliphatic heterocycles. The predicted molar refractivity (Wildman–Crippen MR) is 134 cm³/mol. The molecule has 6 nitrogen and oxygen atoms in total. The highest BCUT2D eigenvalue weighted by molar-refractivity contribution is 6.11. The van der Waals surface area contributed by atoms with Gasteiger partial charge in [-0.2, -0.15) is 8.78 Å². The number of piperidine rings is 1. The van der Waals surface area contributed by atoms with Gasteiger partial charge in [0.25, 0.3) is 12.0 Å². The van der Waals surface area contributed by atoms with Gasteiger partial charge in [-0.15, -0.1) is 0 Å². The minimum Gasteiger partial charge on any atom is -0.399 e. The van der Waals surface area contributed by atoms with Crippen molar-refractivity contribution >= 4 is 34.6 Å². The number of alkyl halides is 2. The lowest BCUT2D eigenvalue weighted by Crippen LogP contribution is -2.44. The Morgan fingerprint density at radius 1 is 1.03 bits per heavy atom. The number of benzene rings is 2. The second-order valence-electron chi connectivity index (χ2n) is 10.2. The van der Waals surface area contributed by atoms with Crippen LogP contribution >= 0.6 is 0 Å². The molecule has 3 aliphatic rings. The van der Waals surface area contributed by atoms with Gasteiger partial charge in [0, 0.05) is 44.4 Å². The van der Waals surface area contributed by atoms with Crippen LogP contribution < -0.4 is 20.9 Å². The maximum Gasteiger partial charge on any atom is 0.269 e. The molecule has 0 aromatic heterocycles. The number of nitrogen functional groups attached to an aromatic ring is 1. The number of fused-ring (bicyclic) bond motifs is 2. The monoisotopic (exact) mass is 534 g/mol. The summed E-state index contributed by atoms with van der Waals surface area (Å²) in [5, 5.41) is 2.67. The van der Waals surface area contributed by atoms with Crippen LogP contribution in [0.4, 0.5) is 44.7 Å². The topological polar surface area (TPSA) is 78.7 Å². The van der Waals surface area contributed by atoms with Crippen molar-refractivity contribution in [2.24, 2.45) is 0 Å². The zero-order chi connectivity index (χ0) is 27.4. The number of carbonyl (C=O) groups excluding carboxylic acids is 2. The quantitative estimate of drug-likeness (QED) is 0.384. The average Bonchev–Trinajstić information content (AvgIpc) is 3.07. The molecule has 5 rings (SSSR count). The van der Waals surface area contributed by atoms with E-state index in [1.165, 1.54) is 25.2 Å². The third kappa shape index (κ3) is 4.37. The summed E-state index contributed by atoms with van der Waals surface area (Å²) >= 11 is 0. The van der Waals surface area contributed by atoms with E-state index < -0.39 is 47.9 Å². The molecular formula is C27H27F5N4O2. The molecule has 202 valence electrons. The lowest BCUT2D eigenvalue weighted by molar-refractivity contribution is -0.127. The first-order valence-corrected chi connectivity index (χ1v) is 12.4. The number of nitrogens with two attached hydrogens (primary N) is 1. The molecular weight excluding hydrogens is 507 g/mol. The maximum absolute atomic E-state index is 15.3. The van der Waals surface area contributed by atoms with Crippen LogP contribution in [0, 0.1) is 5.82 Å². The number of hydrogen-bond acceptors (Lipinski definition) is 4. The van der Waals surface area contributed by atoms with E-state index in [-0.39, 0.29) is 66.8 Å². The molecule has 0 radical (unpaired) electrons. The molecule has 3 N–H and O–H groups in total. The van der Waals surface area contributed by atoms with Gasteiger partial charge in [-0.1, -0.05) is 0 Å². The molecule has 0 unspecified atom stereocenters. The van der Waals surface area contributed by atoms with E-state index in [9.17, 15) is 27.2 Å². The van der Waals surface area contributed by atoms with Gasteiger partial charge >= 0.3 is 0 Å². The Bertz CT molecular complexity index is 1340. The largest absolute Gasteiger partial charge is 0.399 e. The number of halogens is 5. The molecule has 2 aromatic carbocycles. The highest BCUT2D eigenvalue weighted by Gasteiger charge is 2.55. The minimum absolute atomic E-state index is 0.0312. The van der Waals surface area contributed by atoms with Crippen molar-refractivity contribution in [3.63, 3.8) is 0 Å². The van der Waals surface area contributed by atoms with Crippen molar-refractivity contribution in [2.75, 3.05) is 41.0 Å². The van der Waals surface area contributed by atoms with Crippen LogP contribution in [-0.4, -0.2) is 37.9 Å². The normalized spacial score (nSPS) is 20.1. The number of amides is 2. The first kappa shape index (κ1) is 26.0. The van der Waals surface area contributed by atoms with E-state index in [0.717, 1.165) is 11.0 Å². The van der Waals surface area contributed by atoms with Crippen LogP contribution in [0.2, 0.25) is 0 Å². The summed E-state index contributed by atoms with van der Waals surface area (Å²) in [5.41, 5.74) is 6.21. The van der Waals surface area contributed by atoms with E-state index in [2.05, 4.69) is 5.32 Å². The highest BCUT2D eigenvalue weighted by Crippen LogP contribution is 2.54. The van der Waals surface area contributed by atoms with Gasteiger partial charge in [-0.25, -0.2) is 13.2 Å². The molecule has 38 heavy (non-hydrogen) atoms. The van der Waals surface area contributed by atoms with Crippen molar-refractivity contribution in [2.45, 2.75) is 49.9 Å². The van der Waals surface area contributed by atoms with Crippen molar-refractivity contribution in [3.8, 4) is 0 Å². The SMILES string of the molecule is CN1C(=O)C2(CCC(F)(F)CC2)c2cc(NC(=O)c3ccc(N)cc3N3CCC(=C(F)F)CC3)cc(F)c21. The fourth-order valence-corrected chi connectivity index (χ4v) is 5.85. The van der Waals surface area contributed by atoms with E-state index in [1.807, 2.05) is 0 Å². The second kappa shape index (κ2) is 9.28. The maximum atomic E-state index is 15.3. The van der Waals surface area contributed by atoms with Gasteiger partial charge in [0.1, 0.15) is 5.82 Å². The highest BCUT2D eigenvalue weighted by atomic mass is 19.3. The van der Waals surface area contributed by atoms with Gasteiger partial charge in [-0.3, -0.25) is 9.59 Å². The molecule has 1 aliphatic carbocycles. The molecule has 2 aromatic rings. The zero-order valence-electron chi connectivity index (χ0n) is 20.7. The Balaban J connectivity index is 1.45. The average molecular weight is 535 g/mol. The lowest BCUT2D eigenvalue weighted by atomic mass is 9.69. The number of carbonyl (C=O) groups is 2. The number of anilines is 4. The molecule has 0 atom stereocenters. The van der Waals surface area contributed by atoms with Crippen molar-refractivity contribution in [3.05, 3.63) is 58.9 Å². The molecule has 0 bridgehead atoms. The van der Waals surface area contributed by atoms with Gasteiger partial charge in [0.2, 0.25) is 11.8 Å². The molecule has 11 heteroatoms. The summed E-state index contributed by atoms with van der Waals surface area (Å²) in [4.78, 5) is 29.4. The lowest BCUT2D eigenvalue weighted by Gasteiger charge is -2.36. The summed E-state index contributed by atoms with van der Waals surface area (Å²) < 4.78 is 69.1. The summed E-state index contributed by atoms with van der Waals surface area (Å²) in [6, 6.07) is 7.20. The first-order chi connectivity index (χ1) is 17.9. The van der Waals surface area contributed by atoms with E-state index in [1.54, 1.807) is 11.0 Å². The smallest absolute Gasteiger partial charge is 0.269 e. The van der Waals surface area contributed by atoms with Gasteiger partial charge < -0.3 is 20.9 Å². The summed E-state index contributed by atoms with van der Waals surface area (Å²) in [7, 11) is 1.42. The Hall–Kier alpha value is -3.63. The predicted octanol–water partition coefficient (Wildman–Crippen LogP) is 5.83. The van der Waals surface area contributed by atoms with Crippen molar-refractivity contribution < 1.29 is 31.5 Å². The first-order valence-electron chi connectivity index (χ1n) is 12.4. The third-order valence-electron chi connectivity index (χ3n) is 7.96. The van der Waals surface area contributed by atoms with Crippen LogP contribution in [0.3, 0.4) is 0 Å². The number of rotatable bonds is 3. The van der Waals surface area contributed by atoms with E-state index >= 15 is 4.39 Å². The number of likely N-dealkylation sites (N-methyl/N-ethyl adjacent to an activating group) is 1. The van der Waals surface area contributed by atoms with Gasteiger partial charge in [-0.05, 0) is 67.2 Å². The summed E-state index contributed by atoms with van der Waals surface area (Å²) in [6.45, 7) is 0.539. The van der Waals surface area contributed by atoms with Crippen LogP contribution in [-0.2, 0) is 10.2 Å². The zero-order valence-corrected chi connectivity index (χ0v) is 20.7. The van der Waals surface area contributed by atoms with Crippen LogP contribution in [0.5, 0.6) is 0 Å².